The Hall–Kier alpha value is -7.66. The largest absolute Gasteiger partial charge is 0.346 e. The van der Waals surface area contributed by atoms with Crippen molar-refractivity contribution >= 4 is 69.0 Å². The number of nitrogens with one attached hydrogen (secondary N) is 4. The summed E-state index contributed by atoms with van der Waals surface area (Å²) in [5.74, 6) is -0.779. The highest BCUT2D eigenvalue weighted by Gasteiger charge is 2.41. The highest BCUT2D eigenvalue weighted by atomic mass is 32.1. The van der Waals surface area contributed by atoms with Crippen molar-refractivity contribution in [2.75, 3.05) is 21.3 Å². The summed E-state index contributed by atoms with van der Waals surface area (Å²) in [6.07, 6.45) is 9.38. The van der Waals surface area contributed by atoms with Crippen LogP contribution in [0.3, 0.4) is 0 Å². The van der Waals surface area contributed by atoms with Crippen LogP contribution in [0.2, 0.25) is 0 Å². The van der Waals surface area contributed by atoms with E-state index in [0.717, 1.165) is 52.3 Å². The molecule has 0 bridgehead atoms. The number of fused-ring (bicyclic) bond motifs is 4. The highest BCUT2D eigenvalue weighted by Crippen LogP contribution is 2.50. The van der Waals surface area contributed by atoms with Gasteiger partial charge in [-0.3, -0.25) is 9.59 Å². The Morgan fingerprint density at radius 3 is 0.806 bits per heavy atom. The van der Waals surface area contributed by atoms with Gasteiger partial charge in [0, 0.05) is 45.0 Å². The molecule has 8 aromatic rings. The van der Waals surface area contributed by atoms with Crippen LogP contribution in [0.5, 0.6) is 0 Å². The average molecular weight is 1350 g/mol. The highest BCUT2D eigenvalue weighted by molar-refractivity contribution is 7.81. The maximum absolute atomic E-state index is 13.8. The normalized spacial score (nSPS) is 17.8. The molecule has 4 N–H and O–H groups in total. The molecule has 0 unspecified atom stereocenters. The van der Waals surface area contributed by atoms with E-state index in [1.54, 1.807) is 32.0 Å². The molecule has 0 aliphatic heterocycles. The van der Waals surface area contributed by atoms with E-state index in [1.165, 1.54) is 99.9 Å². The van der Waals surface area contributed by atoms with Crippen molar-refractivity contribution in [2.45, 2.75) is 233 Å². The van der Waals surface area contributed by atoms with Crippen LogP contribution in [0.25, 0.3) is 0 Å². The Bertz CT molecular complexity index is 4040. The molecule has 10 heteroatoms. The first-order valence-electron chi connectivity index (χ1n) is 35.1. The summed E-state index contributed by atoms with van der Waals surface area (Å²) in [5.41, 5.74) is 22.4. The van der Waals surface area contributed by atoms with Gasteiger partial charge in [-0.05, 0) is 263 Å². The molecule has 516 valence electrons. The van der Waals surface area contributed by atoms with Crippen molar-refractivity contribution in [2.24, 2.45) is 0 Å². The van der Waals surface area contributed by atoms with Crippen LogP contribution in [0.1, 0.15) is 261 Å². The number of anilines is 4. The van der Waals surface area contributed by atoms with E-state index >= 15 is 0 Å². The molecule has 0 saturated carbocycles. The molecular weight excluding hydrogens is 1250 g/mol. The molecule has 0 atom stereocenters. The van der Waals surface area contributed by atoms with Crippen LogP contribution < -0.4 is 21.3 Å². The summed E-state index contributed by atoms with van der Waals surface area (Å²) in [4.78, 5) is 26.7. The van der Waals surface area contributed by atoms with Gasteiger partial charge < -0.3 is 21.3 Å². The van der Waals surface area contributed by atoms with Gasteiger partial charge in [0.05, 0.1) is 0 Å². The second kappa shape index (κ2) is 28.5. The maximum atomic E-state index is 13.8. The van der Waals surface area contributed by atoms with Gasteiger partial charge in [-0.2, -0.15) is 0 Å². The smallest absolute Gasteiger partial charge is 0.255 e. The molecule has 0 heterocycles. The number of carbonyl (C=O) groups is 2. The van der Waals surface area contributed by atoms with Crippen molar-refractivity contribution in [1.29, 1.82) is 0 Å². The van der Waals surface area contributed by atoms with Gasteiger partial charge in [-0.25, -0.2) is 8.78 Å². The van der Waals surface area contributed by atoms with Gasteiger partial charge in [0.15, 0.2) is 0 Å². The van der Waals surface area contributed by atoms with Crippen LogP contribution in [-0.2, 0) is 43.3 Å². The Morgan fingerprint density at radius 2 is 0.510 bits per heavy atom. The lowest BCUT2D eigenvalue weighted by Crippen LogP contribution is -2.34. The molecular formula is C88H106F2N4O2S2. The van der Waals surface area contributed by atoms with Gasteiger partial charge in [-0.15, -0.1) is 0 Å². The van der Waals surface area contributed by atoms with Gasteiger partial charge in [-0.1, -0.05) is 219 Å². The molecule has 6 nitrogen and oxygen atoms in total. The van der Waals surface area contributed by atoms with Crippen LogP contribution in [-0.4, -0.2) is 21.8 Å². The third-order valence-electron chi connectivity index (χ3n) is 21.9. The summed E-state index contributed by atoms with van der Waals surface area (Å²) < 4.78 is 27.5. The summed E-state index contributed by atoms with van der Waals surface area (Å²) >= 11 is 11.2. The number of hydrogen-bond donors (Lipinski definition) is 4. The number of hydrogen-bond acceptors (Lipinski definition) is 4. The fourth-order valence-corrected chi connectivity index (χ4v) is 14.8. The Morgan fingerprint density at radius 1 is 0.286 bits per heavy atom. The minimum absolute atomic E-state index is 0.0409. The fraction of sp³-hybridized carbons (Fsp3) is 0.409. The monoisotopic (exact) mass is 1350 g/mol. The number of rotatable bonds is 8. The van der Waals surface area contributed by atoms with Crippen molar-refractivity contribution in [3.05, 3.63) is 258 Å². The van der Waals surface area contributed by atoms with Crippen molar-refractivity contribution in [3.8, 4) is 0 Å². The standard InChI is InChI=1S/C22H26FNO.C22H26FNS.C22H27NO.C22H27NS/c2*1-14-6-8-16(13-19(14)23)24-20(25)15-7-9-17-18(12-15)22(4,5)11-10-21(17,2)3;2*1-15-6-9-17(10-7-15)23-20(24)16-8-11-18-19(14-16)22(4,5)13-12-21(18,2)3/h2*6-9,12-13H,10-11H2,1-5H3,(H,24,25);2*6-11,14H,12-13H2,1-5H3,(H,23,24). The van der Waals surface area contributed by atoms with Crippen LogP contribution in [0.15, 0.2) is 158 Å². The molecule has 2 amide bonds. The zero-order valence-electron chi connectivity index (χ0n) is 62.1. The van der Waals surface area contributed by atoms with Crippen LogP contribution in [0.4, 0.5) is 31.5 Å². The lowest BCUT2D eigenvalue weighted by Gasteiger charge is -2.42. The minimum Gasteiger partial charge on any atom is -0.346 e. The first kappa shape index (κ1) is 74.6. The number of halogens is 2. The van der Waals surface area contributed by atoms with Crippen LogP contribution in [0, 0.1) is 39.3 Å². The first-order valence-corrected chi connectivity index (χ1v) is 35.9. The summed E-state index contributed by atoms with van der Waals surface area (Å²) in [7, 11) is 0. The lowest BCUT2D eigenvalue weighted by molar-refractivity contribution is 0.101. The van der Waals surface area contributed by atoms with E-state index in [1.807, 2.05) is 55.5 Å². The summed E-state index contributed by atoms with van der Waals surface area (Å²) in [6, 6.07) is 51.6. The van der Waals surface area contributed by atoms with E-state index in [2.05, 4.69) is 218 Å². The minimum atomic E-state index is -0.314. The van der Waals surface area contributed by atoms with E-state index in [9.17, 15) is 18.4 Å². The molecule has 98 heavy (non-hydrogen) atoms. The third kappa shape index (κ3) is 17.1. The molecule has 0 saturated heterocycles. The van der Waals surface area contributed by atoms with Crippen LogP contribution >= 0.6 is 24.4 Å². The molecule has 0 spiro atoms. The molecule has 8 aromatic carbocycles. The first-order chi connectivity index (χ1) is 45.6. The number of benzene rings is 8. The Balaban J connectivity index is 0.000000153. The predicted octanol–water partition coefficient (Wildman–Crippen LogP) is 23.7. The topological polar surface area (TPSA) is 82.3 Å². The van der Waals surface area contributed by atoms with E-state index < -0.39 is 0 Å². The number of amides is 2. The molecule has 0 aromatic heterocycles. The lowest BCUT2D eigenvalue weighted by atomic mass is 9.63. The molecule has 0 fully saturated rings. The Kier molecular flexibility index (Phi) is 21.7. The van der Waals surface area contributed by atoms with Crippen molar-refractivity contribution < 1.29 is 18.4 Å². The second-order valence-electron chi connectivity index (χ2n) is 33.6. The van der Waals surface area contributed by atoms with Crippen molar-refractivity contribution in [1.82, 2.24) is 0 Å². The Labute approximate surface area is 596 Å². The molecule has 4 aliphatic carbocycles. The SMILES string of the molecule is Cc1ccc(NC(=O)c2ccc3c(c2)C(C)(C)CCC3(C)C)cc1.Cc1ccc(NC(=O)c2ccc3c(c2)C(C)(C)CCC3(C)C)cc1F.Cc1ccc(NC(=S)c2ccc3c(c2)C(C)(C)CCC3(C)C)cc1.Cc1ccc(NC(=S)c2ccc3c(c2)C(C)(C)CCC3(C)C)cc1F. The number of carbonyl (C=O) groups excluding carboxylic acids is 2. The summed E-state index contributed by atoms with van der Waals surface area (Å²) in [5, 5.41) is 12.3. The predicted molar refractivity (Wildman–Crippen MR) is 418 cm³/mol. The van der Waals surface area contributed by atoms with Gasteiger partial charge in [0.1, 0.15) is 21.6 Å². The van der Waals surface area contributed by atoms with Gasteiger partial charge in [0.25, 0.3) is 11.8 Å². The van der Waals surface area contributed by atoms with E-state index in [-0.39, 0.29) is 66.8 Å². The fourth-order valence-electron chi connectivity index (χ4n) is 14.3. The van der Waals surface area contributed by atoms with E-state index in [0.29, 0.717) is 33.1 Å². The number of thiocarbonyl (C=S) groups is 2. The molecule has 12 rings (SSSR count). The number of aryl methyl sites for hydroxylation is 4. The third-order valence-corrected chi connectivity index (χ3v) is 22.6. The molecule has 4 aliphatic rings. The maximum Gasteiger partial charge on any atom is 0.255 e. The van der Waals surface area contributed by atoms with Gasteiger partial charge >= 0.3 is 0 Å². The van der Waals surface area contributed by atoms with Crippen molar-refractivity contribution in [3.63, 3.8) is 0 Å². The summed E-state index contributed by atoms with van der Waals surface area (Å²) in [6.45, 7) is 44.4. The second-order valence-corrected chi connectivity index (χ2v) is 34.4. The zero-order valence-corrected chi connectivity index (χ0v) is 63.7. The van der Waals surface area contributed by atoms with Gasteiger partial charge in [0.2, 0.25) is 0 Å². The quantitative estimate of drug-likeness (QED) is 0.114. The zero-order chi connectivity index (χ0) is 71.9. The average Bonchev–Trinajstić information content (AvgIpc) is 0.776. The molecule has 0 radical (unpaired) electrons. The van der Waals surface area contributed by atoms with E-state index in [4.69, 9.17) is 24.4 Å².